The Morgan fingerprint density at radius 1 is 1.00 bits per heavy atom. The number of rotatable bonds is 2. The van der Waals surface area contributed by atoms with Crippen LogP contribution in [0.5, 0.6) is 11.5 Å². The summed E-state index contributed by atoms with van der Waals surface area (Å²) in [4.78, 5) is 6.79. The van der Waals surface area contributed by atoms with Crippen molar-refractivity contribution in [2.45, 2.75) is 38.5 Å². The minimum Gasteiger partial charge on any atom is -0.504 e. The second-order valence-corrected chi connectivity index (χ2v) is 6.79. The zero-order valence-corrected chi connectivity index (χ0v) is 14.5. The SMILES string of the molecule is Nc1c2c(nc3cc(O)c(O)cc13)CCC2.OCCN1CCCCC1. The van der Waals surface area contributed by atoms with Crippen LogP contribution in [0.1, 0.15) is 36.9 Å². The monoisotopic (exact) mass is 345 g/mol. The van der Waals surface area contributed by atoms with Crippen LogP contribution in [0.25, 0.3) is 10.9 Å². The van der Waals surface area contributed by atoms with Crippen molar-refractivity contribution in [2.75, 3.05) is 32.0 Å². The van der Waals surface area contributed by atoms with E-state index in [9.17, 15) is 10.2 Å². The number of pyridine rings is 1. The van der Waals surface area contributed by atoms with Crippen molar-refractivity contribution < 1.29 is 15.3 Å². The van der Waals surface area contributed by atoms with Gasteiger partial charge in [0.2, 0.25) is 0 Å². The lowest BCUT2D eigenvalue weighted by molar-refractivity contribution is 0.173. The van der Waals surface area contributed by atoms with E-state index in [-0.39, 0.29) is 11.5 Å². The van der Waals surface area contributed by atoms with Crippen LogP contribution in [0.3, 0.4) is 0 Å². The van der Waals surface area contributed by atoms with Crippen LogP contribution in [0.2, 0.25) is 0 Å². The zero-order valence-electron chi connectivity index (χ0n) is 14.5. The molecule has 1 aromatic carbocycles. The summed E-state index contributed by atoms with van der Waals surface area (Å²) in [7, 11) is 0. The number of aliphatic hydroxyl groups excluding tert-OH is 1. The van der Waals surface area contributed by atoms with Crippen molar-refractivity contribution in [2.24, 2.45) is 0 Å². The summed E-state index contributed by atoms with van der Waals surface area (Å²) < 4.78 is 0. The zero-order chi connectivity index (χ0) is 17.8. The summed E-state index contributed by atoms with van der Waals surface area (Å²) in [6, 6.07) is 2.94. The number of phenols is 2. The normalized spacial score (nSPS) is 17.2. The third-order valence-corrected chi connectivity index (χ3v) is 5.02. The maximum atomic E-state index is 9.46. The van der Waals surface area contributed by atoms with E-state index in [0.717, 1.165) is 42.5 Å². The quantitative estimate of drug-likeness (QED) is 0.622. The predicted octanol–water partition coefficient (Wildman–Crippen LogP) is 2.18. The minimum atomic E-state index is -0.155. The Morgan fingerprint density at radius 2 is 1.72 bits per heavy atom. The molecule has 1 aromatic heterocycles. The van der Waals surface area contributed by atoms with Gasteiger partial charge in [-0.1, -0.05) is 6.42 Å². The van der Waals surface area contributed by atoms with Gasteiger partial charge in [-0.05, 0) is 56.8 Å². The largest absolute Gasteiger partial charge is 0.504 e. The smallest absolute Gasteiger partial charge is 0.159 e. The van der Waals surface area contributed by atoms with E-state index in [1.54, 1.807) is 0 Å². The number of anilines is 1. The van der Waals surface area contributed by atoms with Crippen molar-refractivity contribution >= 4 is 16.6 Å². The van der Waals surface area contributed by atoms with E-state index in [2.05, 4.69) is 9.88 Å². The third-order valence-electron chi connectivity index (χ3n) is 5.02. The molecule has 25 heavy (non-hydrogen) atoms. The standard InChI is InChI=1S/C12H12N2O2.C7H15NO/c13-12-6-2-1-3-8(6)14-9-5-11(16)10(15)4-7(9)12;9-7-6-8-4-2-1-3-5-8/h4-5,15-16H,1-3H2,(H2,13,14);9H,1-7H2. The summed E-state index contributed by atoms with van der Waals surface area (Å²) in [5.74, 6) is -0.309. The molecule has 2 heterocycles. The first kappa shape index (κ1) is 17.8. The molecule has 136 valence electrons. The molecule has 1 saturated heterocycles. The predicted molar refractivity (Wildman–Crippen MR) is 98.9 cm³/mol. The molecule has 0 unspecified atom stereocenters. The fourth-order valence-electron chi connectivity index (χ4n) is 3.65. The first-order valence-electron chi connectivity index (χ1n) is 9.06. The number of nitrogen functional groups attached to an aromatic ring is 1. The molecule has 0 bridgehead atoms. The minimum absolute atomic E-state index is 0.154. The molecule has 1 fully saturated rings. The van der Waals surface area contributed by atoms with Gasteiger partial charge >= 0.3 is 0 Å². The lowest BCUT2D eigenvalue weighted by Gasteiger charge is -2.25. The number of phenolic OH excluding ortho intramolecular Hbond substituents is 2. The van der Waals surface area contributed by atoms with Crippen LogP contribution in [0.4, 0.5) is 5.69 Å². The van der Waals surface area contributed by atoms with Crippen LogP contribution in [-0.4, -0.2) is 51.4 Å². The molecule has 1 aliphatic carbocycles. The molecule has 0 saturated carbocycles. The topological polar surface area (TPSA) is 103 Å². The molecule has 6 heteroatoms. The van der Waals surface area contributed by atoms with Gasteiger partial charge < -0.3 is 26.0 Å². The Kier molecular flexibility index (Phi) is 5.60. The molecule has 6 nitrogen and oxygen atoms in total. The molecule has 0 radical (unpaired) electrons. The molecule has 0 atom stereocenters. The van der Waals surface area contributed by atoms with Crippen LogP contribution < -0.4 is 5.73 Å². The summed E-state index contributed by atoms with van der Waals surface area (Å²) in [5.41, 5.74) is 9.51. The third kappa shape index (κ3) is 3.96. The Bertz CT molecular complexity index is 740. The Balaban J connectivity index is 0.000000173. The molecule has 0 amide bonds. The number of fused-ring (bicyclic) bond motifs is 2. The van der Waals surface area contributed by atoms with Crippen molar-refractivity contribution in [3.05, 3.63) is 23.4 Å². The van der Waals surface area contributed by atoms with E-state index in [4.69, 9.17) is 10.8 Å². The van der Waals surface area contributed by atoms with Crippen molar-refractivity contribution in [3.8, 4) is 11.5 Å². The molecule has 5 N–H and O–H groups in total. The highest BCUT2D eigenvalue weighted by Crippen LogP contribution is 2.36. The summed E-state index contributed by atoms with van der Waals surface area (Å²) in [6.45, 7) is 3.58. The van der Waals surface area contributed by atoms with Crippen molar-refractivity contribution in [1.29, 1.82) is 0 Å². The highest BCUT2D eigenvalue weighted by Gasteiger charge is 2.18. The number of β-amino-alcohol motifs (C(OH)–C–C–N with tert-alkyl or cyclic N) is 1. The fraction of sp³-hybridized carbons (Fsp3) is 0.526. The van der Waals surface area contributed by atoms with Gasteiger partial charge in [-0.25, -0.2) is 0 Å². The number of aromatic nitrogens is 1. The summed E-state index contributed by atoms with van der Waals surface area (Å²) >= 11 is 0. The van der Waals surface area contributed by atoms with Gasteiger partial charge in [0.25, 0.3) is 0 Å². The lowest BCUT2D eigenvalue weighted by atomic mass is 10.1. The van der Waals surface area contributed by atoms with Gasteiger partial charge in [0.15, 0.2) is 11.5 Å². The van der Waals surface area contributed by atoms with Crippen LogP contribution in [0, 0.1) is 0 Å². The van der Waals surface area contributed by atoms with Gasteiger partial charge in [-0.15, -0.1) is 0 Å². The number of hydrogen-bond acceptors (Lipinski definition) is 6. The highest BCUT2D eigenvalue weighted by molar-refractivity contribution is 5.94. The number of aliphatic hydroxyl groups is 1. The van der Waals surface area contributed by atoms with E-state index in [0.29, 0.717) is 17.8 Å². The maximum absolute atomic E-state index is 9.46. The maximum Gasteiger partial charge on any atom is 0.159 e. The summed E-state index contributed by atoms with van der Waals surface area (Å²) in [5, 5.41) is 28.2. The number of aryl methyl sites for hydroxylation is 1. The molecule has 0 spiro atoms. The van der Waals surface area contributed by atoms with Gasteiger partial charge in [0, 0.05) is 29.4 Å². The van der Waals surface area contributed by atoms with Crippen LogP contribution in [-0.2, 0) is 12.8 Å². The average molecular weight is 345 g/mol. The average Bonchev–Trinajstić information content (AvgIpc) is 3.08. The van der Waals surface area contributed by atoms with E-state index >= 15 is 0 Å². The molecular weight excluding hydrogens is 318 g/mol. The van der Waals surface area contributed by atoms with Gasteiger partial charge in [-0.2, -0.15) is 0 Å². The second kappa shape index (κ2) is 7.89. The molecule has 4 rings (SSSR count). The fourth-order valence-corrected chi connectivity index (χ4v) is 3.65. The summed E-state index contributed by atoms with van der Waals surface area (Å²) in [6.07, 6.45) is 6.98. The van der Waals surface area contributed by atoms with Crippen molar-refractivity contribution in [3.63, 3.8) is 0 Å². The van der Waals surface area contributed by atoms with E-state index in [1.165, 1.54) is 44.5 Å². The molecular formula is C19H27N3O3. The van der Waals surface area contributed by atoms with Crippen LogP contribution >= 0.6 is 0 Å². The number of piperidine rings is 1. The Labute approximate surface area is 147 Å². The number of hydrogen-bond donors (Lipinski definition) is 4. The van der Waals surface area contributed by atoms with Gasteiger partial charge in [0.05, 0.1) is 12.1 Å². The number of nitrogens with zero attached hydrogens (tertiary/aromatic N) is 2. The highest BCUT2D eigenvalue weighted by atomic mass is 16.3. The molecule has 2 aliphatic rings. The van der Waals surface area contributed by atoms with E-state index < -0.39 is 0 Å². The first-order valence-corrected chi connectivity index (χ1v) is 9.06. The number of benzene rings is 1. The number of aromatic hydroxyl groups is 2. The second-order valence-electron chi connectivity index (χ2n) is 6.79. The van der Waals surface area contributed by atoms with Gasteiger partial charge in [0.1, 0.15) is 0 Å². The number of nitrogens with two attached hydrogens (primary N) is 1. The lowest BCUT2D eigenvalue weighted by Crippen LogP contribution is -2.31. The van der Waals surface area contributed by atoms with Gasteiger partial charge in [-0.3, -0.25) is 4.98 Å². The molecule has 1 aliphatic heterocycles. The van der Waals surface area contributed by atoms with Crippen molar-refractivity contribution in [1.82, 2.24) is 9.88 Å². The Hall–Kier alpha value is -2.05. The first-order chi connectivity index (χ1) is 12.1. The Morgan fingerprint density at radius 3 is 2.44 bits per heavy atom. The number of likely N-dealkylation sites (tertiary alicyclic amines) is 1. The van der Waals surface area contributed by atoms with Crippen LogP contribution in [0.15, 0.2) is 12.1 Å². The molecule has 2 aromatic rings. The van der Waals surface area contributed by atoms with E-state index in [1.807, 2.05) is 0 Å².